The van der Waals surface area contributed by atoms with E-state index in [0.717, 1.165) is 86.1 Å². The number of nitrogens with zero attached hydrogens (tertiary/aromatic N) is 2. The van der Waals surface area contributed by atoms with E-state index >= 15 is 0 Å². The predicted molar refractivity (Wildman–Crippen MR) is 169 cm³/mol. The number of H-pyrrole nitrogens is 1. The number of carbonyl (C=O) groups excluding carboxylic acids is 2. The van der Waals surface area contributed by atoms with E-state index in [1.807, 2.05) is 67.8 Å². The number of ketones is 1. The van der Waals surface area contributed by atoms with Crippen molar-refractivity contribution in [2.24, 2.45) is 0 Å². The number of hydrogen-bond donors (Lipinski definition) is 2. The Kier molecular flexibility index (Phi) is 8.49. The summed E-state index contributed by atoms with van der Waals surface area (Å²) in [5, 5.41) is 5.97. The Labute approximate surface area is 247 Å². The fourth-order valence-corrected chi connectivity index (χ4v) is 6.33. The van der Waals surface area contributed by atoms with Gasteiger partial charge in [-0.3, -0.25) is 9.59 Å². The van der Waals surface area contributed by atoms with E-state index in [1.165, 1.54) is 0 Å². The summed E-state index contributed by atoms with van der Waals surface area (Å²) in [5.41, 5.74) is 8.32. The van der Waals surface area contributed by atoms with Crippen LogP contribution in [0.25, 0.3) is 33.5 Å². The number of carbonyl (C=O) groups is 2. The number of aryl methyl sites for hydroxylation is 1. The second-order valence-electron chi connectivity index (χ2n) is 10.0. The van der Waals surface area contributed by atoms with Crippen molar-refractivity contribution in [2.75, 3.05) is 25.0 Å². The summed E-state index contributed by atoms with van der Waals surface area (Å²) < 4.78 is 1.03. The molecule has 206 valence electrons. The third kappa shape index (κ3) is 5.75. The number of hydrogen-bond acceptors (Lipinski definition) is 5. The maximum absolute atomic E-state index is 13.1. The van der Waals surface area contributed by atoms with Crippen molar-refractivity contribution in [3.8, 4) is 21.8 Å². The van der Waals surface area contributed by atoms with Crippen LogP contribution >= 0.6 is 27.3 Å². The van der Waals surface area contributed by atoms with Crippen LogP contribution in [0.5, 0.6) is 0 Å². The van der Waals surface area contributed by atoms with E-state index in [9.17, 15) is 9.59 Å². The lowest BCUT2D eigenvalue weighted by Crippen LogP contribution is -2.24. The van der Waals surface area contributed by atoms with Gasteiger partial charge in [-0.1, -0.05) is 48.0 Å². The van der Waals surface area contributed by atoms with Crippen molar-refractivity contribution in [2.45, 2.75) is 40.5 Å². The Hall–Kier alpha value is -3.33. The van der Waals surface area contributed by atoms with Crippen LogP contribution in [0.1, 0.15) is 59.6 Å². The van der Waals surface area contributed by atoms with Gasteiger partial charge in [0.1, 0.15) is 5.01 Å². The van der Waals surface area contributed by atoms with Gasteiger partial charge >= 0.3 is 0 Å². The number of aromatic nitrogens is 2. The molecule has 6 nitrogen and oxygen atoms in total. The molecule has 0 fully saturated rings. The Morgan fingerprint density at radius 1 is 1.07 bits per heavy atom. The maximum atomic E-state index is 13.1. The topological polar surface area (TPSA) is 78.1 Å². The predicted octanol–water partition coefficient (Wildman–Crippen LogP) is 7.98. The average Bonchev–Trinajstić information content (AvgIpc) is 3.63. The van der Waals surface area contributed by atoms with Gasteiger partial charge in [0.05, 0.1) is 11.3 Å². The number of thiazole rings is 1. The van der Waals surface area contributed by atoms with Crippen molar-refractivity contribution in [3.63, 3.8) is 0 Å². The van der Waals surface area contributed by atoms with Crippen LogP contribution in [0, 0.1) is 13.8 Å². The summed E-state index contributed by atoms with van der Waals surface area (Å²) in [7, 11) is 0. The average molecular weight is 618 g/mol. The summed E-state index contributed by atoms with van der Waals surface area (Å²) in [6.45, 7) is 11.1. The third-order valence-electron chi connectivity index (χ3n) is 7.51. The van der Waals surface area contributed by atoms with E-state index < -0.39 is 0 Å². The van der Waals surface area contributed by atoms with Gasteiger partial charge in [0, 0.05) is 55.6 Å². The molecule has 0 spiro atoms. The molecule has 8 heteroatoms. The van der Waals surface area contributed by atoms with Crippen LogP contribution in [0.15, 0.2) is 52.3 Å². The molecule has 1 aliphatic heterocycles. The second kappa shape index (κ2) is 12.0. The minimum Gasteiger partial charge on any atom is -0.358 e. The van der Waals surface area contributed by atoms with Crippen LogP contribution in [-0.4, -0.2) is 46.2 Å². The number of nitrogens with one attached hydrogen (secondary N) is 2. The molecular weight excluding hydrogens is 584 g/mol. The van der Waals surface area contributed by atoms with Crippen molar-refractivity contribution >= 4 is 56.3 Å². The standard InChI is InChI=1S/C32H33BrN4O2S/c1-5-37(6-2)15-7-8-29(38)30-19(3)27(34-20(30)4)17-25-24-16-22(11-14-26(24)35-31(25)39)28-18-40-32(36-28)21-9-12-23(33)13-10-21/h9-14,16-18,34H,5-8,15H2,1-4H3,(H,35,39)/b25-17-. The van der Waals surface area contributed by atoms with Gasteiger partial charge < -0.3 is 15.2 Å². The fraction of sp³-hybridized carbons (Fsp3) is 0.281. The highest BCUT2D eigenvalue weighted by molar-refractivity contribution is 9.10. The maximum Gasteiger partial charge on any atom is 0.256 e. The molecule has 0 atom stereocenters. The Morgan fingerprint density at radius 2 is 1.80 bits per heavy atom. The lowest BCUT2D eigenvalue weighted by molar-refractivity contribution is -0.110. The molecule has 3 heterocycles. The molecule has 4 aromatic rings. The van der Waals surface area contributed by atoms with Gasteiger partial charge in [-0.25, -0.2) is 4.98 Å². The molecule has 0 bridgehead atoms. The third-order valence-corrected chi connectivity index (χ3v) is 8.93. The van der Waals surface area contributed by atoms with Gasteiger partial charge in [0.15, 0.2) is 5.78 Å². The van der Waals surface area contributed by atoms with E-state index in [0.29, 0.717) is 12.0 Å². The first-order valence-electron chi connectivity index (χ1n) is 13.6. The number of anilines is 1. The molecule has 1 aliphatic rings. The Morgan fingerprint density at radius 3 is 2.52 bits per heavy atom. The van der Waals surface area contributed by atoms with Crippen LogP contribution < -0.4 is 5.32 Å². The quantitative estimate of drug-likeness (QED) is 0.140. The summed E-state index contributed by atoms with van der Waals surface area (Å²) in [6.07, 6.45) is 3.21. The SMILES string of the molecule is CCN(CC)CCCC(=O)c1c(C)[nH]c(/C=C2\C(=O)Nc3ccc(-c4csc(-c5ccc(Br)cc5)n4)cc32)c1C. The van der Waals surface area contributed by atoms with Crippen LogP contribution in [0.3, 0.4) is 0 Å². The Bertz CT molecular complexity index is 1600. The molecule has 5 rings (SSSR count). The normalized spacial score (nSPS) is 13.8. The molecule has 0 aliphatic carbocycles. The zero-order chi connectivity index (χ0) is 28.4. The minimum atomic E-state index is -0.153. The zero-order valence-electron chi connectivity index (χ0n) is 23.2. The first-order valence-corrected chi connectivity index (χ1v) is 15.3. The molecule has 2 N–H and O–H groups in total. The Balaban J connectivity index is 1.40. The van der Waals surface area contributed by atoms with Gasteiger partial charge in [-0.05, 0) is 75.8 Å². The smallest absolute Gasteiger partial charge is 0.256 e. The molecule has 0 saturated heterocycles. The summed E-state index contributed by atoms with van der Waals surface area (Å²) in [5.74, 6) is -0.00791. The number of Topliss-reactive ketones (excluding diaryl/α,β-unsaturated/α-hetero) is 1. The molecule has 2 aromatic heterocycles. The molecular formula is C32H33BrN4O2S. The van der Waals surface area contributed by atoms with E-state index in [2.05, 4.69) is 45.0 Å². The summed E-state index contributed by atoms with van der Waals surface area (Å²) in [4.78, 5) is 36.7. The monoisotopic (exact) mass is 616 g/mol. The second-order valence-corrected chi connectivity index (χ2v) is 11.8. The van der Waals surface area contributed by atoms with E-state index in [4.69, 9.17) is 4.98 Å². The molecule has 1 amide bonds. The van der Waals surface area contributed by atoms with Crippen LogP contribution in [0.4, 0.5) is 5.69 Å². The van der Waals surface area contributed by atoms with Crippen molar-refractivity contribution < 1.29 is 9.59 Å². The lowest BCUT2D eigenvalue weighted by atomic mass is 9.99. The highest BCUT2D eigenvalue weighted by Gasteiger charge is 2.26. The summed E-state index contributed by atoms with van der Waals surface area (Å²) in [6, 6.07) is 14.0. The molecule has 0 unspecified atom stereocenters. The van der Waals surface area contributed by atoms with Crippen LogP contribution in [-0.2, 0) is 4.79 Å². The number of benzene rings is 2. The highest BCUT2D eigenvalue weighted by Crippen LogP contribution is 2.38. The first kappa shape index (κ1) is 28.2. The number of aromatic amines is 1. The highest BCUT2D eigenvalue weighted by atomic mass is 79.9. The van der Waals surface area contributed by atoms with Gasteiger partial charge in [-0.2, -0.15) is 0 Å². The van der Waals surface area contributed by atoms with Gasteiger partial charge in [0.2, 0.25) is 0 Å². The van der Waals surface area contributed by atoms with Gasteiger partial charge in [0.25, 0.3) is 5.91 Å². The largest absolute Gasteiger partial charge is 0.358 e. The lowest BCUT2D eigenvalue weighted by Gasteiger charge is -2.17. The fourth-order valence-electron chi connectivity index (χ4n) is 5.23. The number of fused-ring (bicyclic) bond motifs is 1. The van der Waals surface area contributed by atoms with Gasteiger partial charge in [-0.15, -0.1) is 11.3 Å². The van der Waals surface area contributed by atoms with E-state index in [1.54, 1.807) is 11.3 Å². The van der Waals surface area contributed by atoms with Crippen molar-refractivity contribution in [1.29, 1.82) is 0 Å². The zero-order valence-corrected chi connectivity index (χ0v) is 25.6. The first-order chi connectivity index (χ1) is 19.3. The van der Waals surface area contributed by atoms with E-state index in [-0.39, 0.29) is 11.7 Å². The minimum absolute atomic E-state index is 0.145. The van der Waals surface area contributed by atoms with Crippen molar-refractivity contribution in [3.05, 3.63) is 80.4 Å². The molecule has 40 heavy (non-hydrogen) atoms. The molecule has 2 aromatic carbocycles. The number of rotatable bonds is 10. The summed E-state index contributed by atoms with van der Waals surface area (Å²) >= 11 is 5.08. The number of amides is 1. The van der Waals surface area contributed by atoms with Crippen LogP contribution in [0.2, 0.25) is 0 Å². The number of halogens is 1. The molecule has 0 saturated carbocycles. The van der Waals surface area contributed by atoms with Crippen molar-refractivity contribution in [1.82, 2.24) is 14.9 Å². The molecule has 0 radical (unpaired) electrons.